The molecule has 1 fully saturated rings. The van der Waals surface area contributed by atoms with Crippen molar-refractivity contribution in [1.29, 1.82) is 0 Å². The zero-order valence-electron chi connectivity index (χ0n) is 15.0. The predicted molar refractivity (Wildman–Crippen MR) is 108 cm³/mol. The number of hydrogen-bond donors (Lipinski definition) is 2. The number of β-amino-alcohol motifs (C(OH)–C–C–N with tert-alkyl or cyclic N) is 1. The molecule has 0 saturated carbocycles. The topological polar surface area (TPSA) is 90.9 Å². The molecule has 0 radical (unpaired) electrons. The Morgan fingerprint density at radius 2 is 2.19 bits per heavy atom. The van der Waals surface area contributed by atoms with E-state index in [0.29, 0.717) is 24.6 Å². The van der Waals surface area contributed by atoms with Crippen LogP contribution in [0.4, 0.5) is 17.3 Å². The molecule has 1 aliphatic rings. The summed E-state index contributed by atoms with van der Waals surface area (Å²) in [6.07, 6.45) is 2.22. The monoisotopic (exact) mass is 362 g/mol. The van der Waals surface area contributed by atoms with Crippen LogP contribution in [-0.2, 0) is 6.54 Å². The first-order chi connectivity index (χ1) is 13.1. The van der Waals surface area contributed by atoms with Gasteiger partial charge in [0.1, 0.15) is 11.5 Å². The number of anilines is 2. The van der Waals surface area contributed by atoms with Crippen molar-refractivity contribution >= 4 is 34.9 Å². The molecule has 7 heteroatoms. The summed E-state index contributed by atoms with van der Waals surface area (Å²) in [6.45, 7) is 5.46. The Labute approximate surface area is 157 Å². The molecule has 0 bridgehead atoms. The summed E-state index contributed by atoms with van der Waals surface area (Å²) < 4.78 is 0. The Balaban J connectivity index is 1.61. The van der Waals surface area contributed by atoms with Gasteiger partial charge in [0.15, 0.2) is 5.82 Å². The zero-order valence-corrected chi connectivity index (χ0v) is 15.0. The summed E-state index contributed by atoms with van der Waals surface area (Å²) in [5.74, 6) is 7.69. The number of aliphatic imine (C=N–C) groups is 1. The van der Waals surface area contributed by atoms with E-state index in [2.05, 4.69) is 32.6 Å². The van der Waals surface area contributed by atoms with Crippen LogP contribution in [0.1, 0.15) is 12.0 Å². The van der Waals surface area contributed by atoms with Crippen molar-refractivity contribution in [3.63, 3.8) is 0 Å². The molecule has 0 spiro atoms. The molecule has 3 aromatic rings. The van der Waals surface area contributed by atoms with Gasteiger partial charge in [0.2, 0.25) is 0 Å². The maximum Gasteiger partial charge on any atom is 0.171 e. The predicted octanol–water partition coefficient (Wildman–Crippen LogP) is 2.41. The van der Waals surface area contributed by atoms with Crippen molar-refractivity contribution in [2.45, 2.75) is 19.1 Å². The first-order valence-corrected chi connectivity index (χ1v) is 8.91. The van der Waals surface area contributed by atoms with Crippen LogP contribution in [0.15, 0.2) is 53.7 Å². The minimum absolute atomic E-state index is 0.312. The third-order valence-corrected chi connectivity index (χ3v) is 4.79. The van der Waals surface area contributed by atoms with Crippen LogP contribution < -0.4 is 15.8 Å². The van der Waals surface area contributed by atoms with E-state index in [-0.39, 0.29) is 6.10 Å². The van der Waals surface area contributed by atoms with Crippen LogP contribution in [0, 0.1) is 0 Å². The van der Waals surface area contributed by atoms with Gasteiger partial charge in [-0.3, -0.25) is 15.0 Å². The lowest BCUT2D eigenvalue weighted by atomic mass is 10.1. The fourth-order valence-corrected chi connectivity index (χ4v) is 3.39. The number of nitrogens with two attached hydrogens (primary N) is 1. The summed E-state index contributed by atoms with van der Waals surface area (Å²) >= 11 is 0. The van der Waals surface area contributed by atoms with Crippen LogP contribution >= 0.6 is 0 Å². The van der Waals surface area contributed by atoms with Crippen LogP contribution in [0.25, 0.3) is 10.9 Å². The highest BCUT2D eigenvalue weighted by molar-refractivity contribution is 5.79. The smallest absolute Gasteiger partial charge is 0.171 e. The number of aromatic nitrogens is 2. The zero-order chi connectivity index (χ0) is 18.8. The molecule has 4 rings (SSSR count). The Kier molecular flexibility index (Phi) is 4.70. The molecule has 1 unspecified atom stereocenters. The number of pyridine rings is 2. The molecule has 0 aliphatic carbocycles. The minimum Gasteiger partial charge on any atom is -0.391 e. The normalized spacial score (nSPS) is 16.7. The molecular weight excluding hydrogens is 340 g/mol. The summed E-state index contributed by atoms with van der Waals surface area (Å²) in [4.78, 5) is 15.1. The van der Waals surface area contributed by atoms with Gasteiger partial charge in [-0.1, -0.05) is 12.1 Å². The Bertz CT molecular complexity index is 976. The van der Waals surface area contributed by atoms with E-state index in [9.17, 15) is 5.11 Å². The van der Waals surface area contributed by atoms with Crippen LogP contribution in [-0.4, -0.2) is 41.0 Å². The Hall–Kier alpha value is -3.03. The van der Waals surface area contributed by atoms with Gasteiger partial charge in [0, 0.05) is 24.7 Å². The van der Waals surface area contributed by atoms with Gasteiger partial charge in [0.05, 0.1) is 18.2 Å². The lowest BCUT2D eigenvalue weighted by Gasteiger charge is -2.23. The molecule has 1 atom stereocenters. The first-order valence-electron chi connectivity index (χ1n) is 8.91. The highest BCUT2D eigenvalue weighted by Crippen LogP contribution is 2.30. The summed E-state index contributed by atoms with van der Waals surface area (Å²) in [5.41, 5.74) is 2.63. The van der Waals surface area contributed by atoms with E-state index in [1.165, 1.54) is 0 Å². The molecule has 1 aliphatic heterocycles. The molecular formula is C20H22N6O. The molecule has 7 nitrogen and oxygen atoms in total. The van der Waals surface area contributed by atoms with E-state index in [1.807, 2.05) is 36.4 Å². The quantitative estimate of drug-likeness (QED) is 0.411. The standard InChI is InChI=1S/C20H22N6O/c1-22-18-6-7-19(25-10-8-16(27)13-25)24-20(18)26(21)12-14-4-5-17-15(11-14)3-2-9-23-17/h2-7,9,11,16,27H,1,8,10,12-13,21H2. The highest BCUT2D eigenvalue weighted by atomic mass is 16.3. The van der Waals surface area contributed by atoms with Crippen molar-refractivity contribution in [2.24, 2.45) is 10.8 Å². The number of benzene rings is 1. The van der Waals surface area contributed by atoms with Crippen LogP contribution in [0.5, 0.6) is 0 Å². The van der Waals surface area contributed by atoms with E-state index >= 15 is 0 Å². The van der Waals surface area contributed by atoms with Crippen molar-refractivity contribution in [1.82, 2.24) is 9.97 Å². The average Bonchev–Trinajstić information content (AvgIpc) is 3.13. The lowest BCUT2D eigenvalue weighted by molar-refractivity contribution is 0.198. The van der Waals surface area contributed by atoms with Crippen molar-refractivity contribution < 1.29 is 5.11 Å². The number of rotatable bonds is 5. The van der Waals surface area contributed by atoms with E-state index in [4.69, 9.17) is 5.84 Å². The molecule has 27 heavy (non-hydrogen) atoms. The van der Waals surface area contributed by atoms with E-state index < -0.39 is 0 Å². The van der Waals surface area contributed by atoms with Gasteiger partial charge in [-0.15, -0.1) is 0 Å². The first kappa shape index (κ1) is 17.4. The molecule has 2 aromatic heterocycles. The molecule has 3 N–H and O–H groups in total. The number of fused-ring (bicyclic) bond motifs is 1. The SMILES string of the molecule is C=Nc1ccc(N2CCC(O)C2)nc1N(N)Cc1ccc2ncccc2c1. The minimum atomic E-state index is -0.312. The maximum absolute atomic E-state index is 9.78. The van der Waals surface area contributed by atoms with Gasteiger partial charge < -0.3 is 10.0 Å². The second kappa shape index (κ2) is 7.30. The highest BCUT2D eigenvalue weighted by Gasteiger charge is 2.22. The molecule has 1 saturated heterocycles. The van der Waals surface area contributed by atoms with Crippen molar-refractivity contribution in [3.8, 4) is 0 Å². The molecule has 1 aromatic carbocycles. The van der Waals surface area contributed by atoms with Crippen LogP contribution in [0.3, 0.4) is 0 Å². The fraction of sp³-hybridized carbons (Fsp3) is 0.250. The van der Waals surface area contributed by atoms with Gasteiger partial charge >= 0.3 is 0 Å². The number of hydrazine groups is 1. The molecule has 3 heterocycles. The van der Waals surface area contributed by atoms with Gasteiger partial charge in [-0.25, -0.2) is 10.8 Å². The molecule has 138 valence electrons. The third kappa shape index (κ3) is 3.60. The van der Waals surface area contributed by atoms with E-state index in [0.717, 1.165) is 35.2 Å². The summed E-state index contributed by atoms with van der Waals surface area (Å²) in [7, 11) is 0. The maximum atomic E-state index is 9.78. The van der Waals surface area contributed by atoms with Gasteiger partial charge in [-0.2, -0.15) is 0 Å². The Morgan fingerprint density at radius 1 is 1.30 bits per heavy atom. The average molecular weight is 362 g/mol. The summed E-state index contributed by atoms with van der Waals surface area (Å²) in [5, 5.41) is 12.4. The third-order valence-electron chi connectivity index (χ3n) is 4.79. The summed E-state index contributed by atoms with van der Waals surface area (Å²) in [6, 6.07) is 13.8. The van der Waals surface area contributed by atoms with Crippen LogP contribution in [0.2, 0.25) is 0 Å². The lowest BCUT2D eigenvalue weighted by Crippen LogP contribution is -2.32. The second-order valence-electron chi connectivity index (χ2n) is 6.72. The van der Waals surface area contributed by atoms with Crippen molar-refractivity contribution in [2.75, 3.05) is 23.0 Å². The number of aliphatic hydroxyl groups is 1. The molecule has 0 amide bonds. The largest absolute Gasteiger partial charge is 0.391 e. The number of nitrogens with zero attached hydrogens (tertiary/aromatic N) is 5. The Morgan fingerprint density at radius 3 is 2.96 bits per heavy atom. The van der Waals surface area contributed by atoms with Crippen molar-refractivity contribution in [3.05, 3.63) is 54.2 Å². The van der Waals surface area contributed by atoms with Gasteiger partial charge in [-0.05, 0) is 49.0 Å². The van der Waals surface area contributed by atoms with Gasteiger partial charge in [0.25, 0.3) is 0 Å². The fourth-order valence-electron chi connectivity index (χ4n) is 3.39. The number of aliphatic hydroxyl groups excluding tert-OH is 1. The second-order valence-corrected chi connectivity index (χ2v) is 6.72. The van der Waals surface area contributed by atoms with E-state index in [1.54, 1.807) is 11.2 Å². The number of hydrogen-bond acceptors (Lipinski definition) is 7.